The average Bonchev–Trinajstić information content (AvgIpc) is 3.12. The lowest BCUT2D eigenvalue weighted by Crippen LogP contribution is -2.35. The van der Waals surface area contributed by atoms with E-state index in [1.165, 1.54) is 12.3 Å². The summed E-state index contributed by atoms with van der Waals surface area (Å²) in [5, 5.41) is 0. The Bertz CT molecular complexity index is 448. The van der Waals surface area contributed by atoms with Crippen LogP contribution in [0.1, 0.15) is 13.8 Å². The summed E-state index contributed by atoms with van der Waals surface area (Å²) in [7, 11) is 0. The maximum atomic E-state index is 11.6. The number of rotatable bonds is 7. The number of amides is 1. The van der Waals surface area contributed by atoms with Gasteiger partial charge < -0.3 is 28.4 Å². The van der Waals surface area contributed by atoms with Gasteiger partial charge in [0.05, 0.1) is 38.8 Å². The van der Waals surface area contributed by atoms with Crippen LogP contribution in [0.25, 0.3) is 0 Å². The number of nitrogens with zero attached hydrogens (tertiary/aromatic N) is 1. The molecule has 4 atom stereocenters. The highest BCUT2D eigenvalue weighted by Crippen LogP contribution is 2.30. The molecule has 2 heterocycles. The van der Waals surface area contributed by atoms with Crippen LogP contribution in [0.15, 0.2) is 17.3 Å². The van der Waals surface area contributed by atoms with Crippen LogP contribution in [0.4, 0.5) is 4.79 Å². The second kappa shape index (κ2) is 9.24. The van der Waals surface area contributed by atoms with Gasteiger partial charge in [0.25, 0.3) is 0 Å². The van der Waals surface area contributed by atoms with E-state index in [0.29, 0.717) is 13.2 Å². The third-order valence-electron chi connectivity index (χ3n) is 3.35. The lowest BCUT2D eigenvalue weighted by atomic mass is 10.1. The fourth-order valence-electron chi connectivity index (χ4n) is 2.33. The van der Waals surface area contributed by atoms with E-state index in [4.69, 9.17) is 28.4 Å². The lowest BCUT2D eigenvalue weighted by molar-refractivity contribution is -0.147. The number of aliphatic imine (C=N–C) groups is 1. The third kappa shape index (κ3) is 4.93. The molecule has 0 bridgehead atoms. The summed E-state index contributed by atoms with van der Waals surface area (Å²) in [6.45, 7) is 4.75. The third-order valence-corrected chi connectivity index (χ3v) is 3.35. The van der Waals surface area contributed by atoms with E-state index in [1.807, 2.05) is 0 Å². The van der Waals surface area contributed by atoms with E-state index < -0.39 is 36.5 Å². The van der Waals surface area contributed by atoms with E-state index in [1.54, 1.807) is 13.8 Å². The van der Waals surface area contributed by atoms with E-state index in [9.17, 15) is 9.59 Å². The van der Waals surface area contributed by atoms with Gasteiger partial charge in [-0.05, 0) is 13.8 Å². The van der Waals surface area contributed by atoms with Gasteiger partial charge in [0, 0.05) is 0 Å². The Balaban J connectivity index is 1.81. The molecule has 0 spiro atoms. The molecule has 1 amide bonds. The Labute approximate surface area is 139 Å². The number of ether oxygens (including phenoxy) is 6. The highest BCUT2D eigenvalue weighted by molar-refractivity contribution is 5.81. The van der Waals surface area contributed by atoms with E-state index in [2.05, 4.69) is 4.99 Å². The molecule has 2 saturated heterocycles. The molecular weight excluding hydrogens is 322 g/mol. The molecule has 0 saturated carbocycles. The number of hydrogen-bond acceptors (Lipinski definition) is 8. The summed E-state index contributed by atoms with van der Waals surface area (Å²) in [5.41, 5.74) is 0. The van der Waals surface area contributed by atoms with E-state index in [-0.39, 0.29) is 13.2 Å². The minimum absolute atomic E-state index is 0.147. The maximum Gasteiger partial charge on any atom is 0.436 e. The maximum absolute atomic E-state index is 11.6. The van der Waals surface area contributed by atoms with Crippen molar-refractivity contribution in [3.8, 4) is 0 Å². The van der Waals surface area contributed by atoms with Crippen molar-refractivity contribution in [1.82, 2.24) is 0 Å². The van der Waals surface area contributed by atoms with Crippen molar-refractivity contribution in [1.29, 1.82) is 0 Å². The first kappa shape index (κ1) is 18.2. The Morgan fingerprint density at radius 1 is 1.04 bits per heavy atom. The van der Waals surface area contributed by atoms with Crippen LogP contribution >= 0.6 is 0 Å². The summed E-state index contributed by atoms with van der Waals surface area (Å²) in [6, 6.07) is 0. The molecule has 134 valence electrons. The molecule has 1 unspecified atom stereocenters. The number of carbonyl (C=O) groups is 2. The highest BCUT2D eigenvalue weighted by atomic mass is 16.7. The van der Waals surface area contributed by atoms with Crippen LogP contribution in [0.3, 0.4) is 0 Å². The molecule has 9 nitrogen and oxygen atoms in total. The topological polar surface area (TPSA) is 102 Å². The zero-order valence-corrected chi connectivity index (χ0v) is 13.6. The summed E-state index contributed by atoms with van der Waals surface area (Å²) in [6.07, 6.45) is 0.542. The van der Waals surface area contributed by atoms with Crippen molar-refractivity contribution in [2.45, 2.75) is 38.3 Å². The summed E-state index contributed by atoms with van der Waals surface area (Å²) < 4.78 is 31.3. The molecule has 0 aliphatic carbocycles. The number of hydrogen-bond donors (Lipinski definition) is 0. The van der Waals surface area contributed by atoms with Gasteiger partial charge in [-0.3, -0.25) is 0 Å². The fraction of sp³-hybridized carbons (Fsp3) is 0.667. The number of esters is 1. The first-order chi connectivity index (χ1) is 11.7. The van der Waals surface area contributed by atoms with Gasteiger partial charge in [0.15, 0.2) is 18.6 Å². The van der Waals surface area contributed by atoms with Crippen LogP contribution in [0.5, 0.6) is 0 Å². The van der Waals surface area contributed by atoms with Crippen molar-refractivity contribution in [2.24, 2.45) is 4.99 Å². The van der Waals surface area contributed by atoms with E-state index in [0.717, 1.165) is 6.40 Å². The minimum atomic E-state index is -0.790. The molecule has 24 heavy (non-hydrogen) atoms. The molecule has 9 heteroatoms. The monoisotopic (exact) mass is 343 g/mol. The van der Waals surface area contributed by atoms with Gasteiger partial charge in [0.2, 0.25) is 0 Å². The van der Waals surface area contributed by atoms with Crippen molar-refractivity contribution in [3.05, 3.63) is 12.3 Å². The molecule has 2 fully saturated rings. The quantitative estimate of drug-likeness (QED) is 0.220. The lowest BCUT2D eigenvalue weighted by Gasteiger charge is -2.16. The SMILES string of the molecule is CCOC=NC(=O)O[C@H]1CO[C@@H]2C(OC(=O)/C=C/OCC)CO[C@H]12. The summed E-state index contributed by atoms with van der Waals surface area (Å²) in [4.78, 5) is 26.7. The first-order valence-electron chi connectivity index (χ1n) is 7.72. The van der Waals surface area contributed by atoms with Gasteiger partial charge >= 0.3 is 12.1 Å². The number of carbonyl (C=O) groups excluding carboxylic acids is 2. The standard InChI is InChI=1S/C15H21NO8/c1-3-19-6-5-12(17)23-10-7-21-14-11(8-22-13(10)14)24-15(18)16-9-20-4-2/h5-6,9-11,13-14H,3-4,7-8H2,1-2H3/b6-5+,16-9?/t10?,11-,13+,14+/m0/s1. The van der Waals surface area contributed by atoms with E-state index >= 15 is 0 Å². The van der Waals surface area contributed by atoms with Crippen LogP contribution < -0.4 is 0 Å². The molecular formula is C15H21NO8. The Hall–Kier alpha value is -2.13. The van der Waals surface area contributed by atoms with Gasteiger partial charge in [-0.25, -0.2) is 9.59 Å². The molecule has 0 aromatic carbocycles. The normalized spacial score (nSPS) is 28.9. The smallest absolute Gasteiger partial charge is 0.436 e. The highest BCUT2D eigenvalue weighted by Gasteiger charge is 2.51. The predicted octanol–water partition coefficient (Wildman–Crippen LogP) is 0.816. The van der Waals surface area contributed by atoms with Crippen LogP contribution in [0, 0.1) is 0 Å². The van der Waals surface area contributed by atoms with Crippen LogP contribution in [-0.2, 0) is 33.2 Å². The van der Waals surface area contributed by atoms with Crippen molar-refractivity contribution < 1.29 is 38.0 Å². The summed E-state index contributed by atoms with van der Waals surface area (Å²) >= 11 is 0. The fourth-order valence-corrected chi connectivity index (χ4v) is 2.33. The minimum Gasteiger partial charge on any atom is -0.501 e. The largest absolute Gasteiger partial charge is 0.501 e. The van der Waals surface area contributed by atoms with Crippen molar-refractivity contribution in [2.75, 3.05) is 26.4 Å². The summed E-state index contributed by atoms with van der Waals surface area (Å²) in [5.74, 6) is -0.553. The van der Waals surface area contributed by atoms with Crippen molar-refractivity contribution >= 4 is 18.5 Å². The van der Waals surface area contributed by atoms with Gasteiger partial charge in [0.1, 0.15) is 12.2 Å². The number of fused-ring (bicyclic) bond motifs is 1. The second-order valence-corrected chi connectivity index (χ2v) is 4.94. The van der Waals surface area contributed by atoms with Crippen LogP contribution in [-0.4, -0.2) is 69.3 Å². The zero-order chi connectivity index (χ0) is 17.4. The molecule has 2 rings (SSSR count). The van der Waals surface area contributed by atoms with Gasteiger partial charge in [-0.2, -0.15) is 0 Å². The zero-order valence-electron chi connectivity index (χ0n) is 13.6. The molecule has 0 aromatic rings. The average molecular weight is 343 g/mol. The van der Waals surface area contributed by atoms with Crippen LogP contribution in [0.2, 0.25) is 0 Å². The molecule has 2 aliphatic heterocycles. The van der Waals surface area contributed by atoms with Crippen molar-refractivity contribution in [3.63, 3.8) is 0 Å². The molecule has 0 radical (unpaired) electrons. The Kier molecular flexibility index (Phi) is 7.01. The van der Waals surface area contributed by atoms with Gasteiger partial charge in [-0.1, -0.05) is 0 Å². The molecule has 0 N–H and O–H groups in total. The molecule has 2 aliphatic rings. The Morgan fingerprint density at radius 3 is 2.29 bits per heavy atom. The predicted molar refractivity (Wildman–Crippen MR) is 80.5 cm³/mol. The molecule has 0 aromatic heterocycles. The second-order valence-electron chi connectivity index (χ2n) is 4.94. The van der Waals surface area contributed by atoms with Gasteiger partial charge in [-0.15, -0.1) is 4.99 Å². The first-order valence-corrected chi connectivity index (χ1v) is 7.72. The Morgan fingerprint density at radius 2 is 1.67 bits per heavy atom.